The maximum atomic E-state index is 13.5. The molecule has 0 bridgehead atoms. The number of nitrogens with one attached hydrogen (secondary N) is 2. The van der Waals surface area contributed by atoms with Gasteiger partial charge in [-0.2, -0.15) is 0 Å². The van der Waals surface area contributed by atoms with Gasteiger partial charge in [0.15, 0.2) is 0 Å². The summed E-state index contributed by atoms with van der Waals surface area (Å²) in [5.41, 5.74) is 1.35. The molecule has 0 aromatic heterocycles. The van der Waals surface area contributed by atoms with Gasteiger partial charge in [-0.25, -0.2) is 17.5 Å². The Balaban J connectivity index is 2.10. The van der Waals surface area contributed by atoms with E-state index in [1.807, 2.05) is 0 Å². The lowest BCUT2D eigenvalue weighted by molar-refractivity contribution is 0.0950. The van der Waals surface area contributed by atoms with Gasteiger partial charge < -0.3 is 5.32 Å². The predicted molar refractivity (Wildman–Crippen MR) is 94.1 cm³/mol. The Kier molecular flexibility index (Phi) is 6.06. The van der Waals surface area contributed by atoms with Gasteiger partial charge in [0, 0.05) is 18.7 Å². The summed E-state index contributed by atoms with van der Waals surface area (Å²) in [6.45, 7) is 5.34. The van der Waals surface area contributed by atoms with Gasteiger partial charge in [0.1, 0.15) is 5.82 Å². The minimum atomic E-state index is -3.71. The van der Waals surface area contributed by atoms with Crippen molar-refractivity contribution in [3.05, 3.63) is 77.6 Å². The van der Waals surface area contributed by atoms with E-state index in [1.54, 1.807) is 19.1 Å². The molecule has 0 spiro atoms. The molecule has 0 saturated heterocycles. The number of halogens is 1. The number of rotatable bonds is 7. The molecule has 2 aromatic rings. The topological polar surface area (TPSA) is 75.3 Å². The van der Waals surface area contributed by atoms with E-state index in [2.05, 4.69) is 16.6 Å². The van der Waals surface area contributed by atoms with Crippen molar-refractivity contribution in [3.8, 4) is 0 Å². The Morgan fingerprint density at radius 2 is 2.00 bits per heavy atom. The summed E-state index contributed by atoms with van der Waals surface area (Å²) in [5, 5.41) is 2.65. The normalized spacial score (nSPS) is 11.1. The van der Waals surface area contributed by atoms with Gasteiger partial charge in [0.05, 0.1) is 4.90 Å². The zero-order valence-corrected chi connectivity index (χ0v) is 14.6. The molecule has 7 heteroatoms. The standard InChI is InChI=1S/C18H19FN2O3S/c1-3-9-21-25(23,24)16-6-4-5-15(11-16)18(22)20-12-14-8-7-13(2)17(19)10-14/h3-8,10-11,21H,1,9,12H2,2H3,(H,20,22). The fraction of sp³-hybridized carbons (Fsp3) is 0.167. The van der Waals surface area contributed by atoms with E-state index >= 15 is 0 Å². The lowest BCUT2D eigenvalue weighted by Crippen LogP contribution is -2.25. The van der Waals surface area contributed by atoms with Gasteiger partial charge in [0.25, 0.3) is 5.91 Å². The van der Waals surface area contributed by atoms with E-state index in [9.17, 15) is 17.6 Å². The third-order valence-corrected chi connectivity index (χ3v) is 4.93. The van der Waals surface area contributed by atoms with Crippen molar-refractivity contribution in [2.24, 2.45) is 0 Å². The highest BCUT2D eigenvalue weighted by Crippen LogP contribution is 2.12. The third kappa shape index (κ3) is 4.98. The van der Waals surface area contributed by atoms with Crippen LogP contribution in [0.4, 0.5) is 4.39 Å². The van der Waals surface area contributed by atoms with Crippen LogP contribution in [-0.4, -0.2) is 20.9 Å². The van der Waals surface area contributed by atoms with E-state index in [0.717, 1.165) is 0 Å². The molecule has 25 heavy (non-hydrogen) atoms. The largest absolute Gasteiger partial charge is 0.348 e. The first-order valence-electron chi connectivity index (χ1n) is 7.57. The summed E-state index contributed by atoms with van der Waals surface area (Å²) >= 11 is 0. The number of amides is 1. The Morgan fingerprint density at radius 3 is 2.68 bits per heavy atom. The van der Waals surface area contributed by atoms with Crippen LogP contribution < -0.4 is 10.0 Å². The number of carbonyl (C=O) groups is 1. The van der Waals surface area contributed by atoms with Crippen LogP contribution in [0, 0.1) is 12.7 Å². The Morgan fingerprint density at radius 1 is 1.24 bits per heavy atom. The molecule has 1 amide bonds. The fourth-order valence-electron chi connectivity index (χ4n) is 2.09. The van der Waals surface area contributed by atoms with Crippen molar-refractivity contribution >= 4 is 15.9 Å². The lowest BCUT2D eigenvalue weighted by atomic mass is 10.1. The summed E-state index contributed by atoms with van der Waals surface area (Å²) in [7, 11) is -3.71. The molecule has 2 aromatic carbocycles. The molecule has 2 rings (SSSR count). The highest BCUT2D eigenvalue weighted by Gasteiger charge is 2.15. The van der Waals surface area contributed by atoms with Crippen LogP contribution in [0.15, 0.2) is 60.0 Å². The summed E-state index contributed by atoms with van der Waals surface area (Å²) < 4.78 is 40.0. The molecule has 0 heterocycles. The minimum Gasteiger partial charge on any atom is -0.348 e. The minimum absolute atomic E-state index is 0.0108. The smallest absolute Gasteiger partial charge is 0.251 e. The van der Waals surface area contributed by atoms with E-state index < -0.39 is 15.9 Å². The highest BCUT2D eigenvalue weighted by molar-refractivity contribution is 7.89. The molecule has 0 aliphatic heterocycles. The Bertz CT molecular complexity index is 895. The van der Waals surface area contributed by atoms with Crippen LogP contribution >= 0.6 is 0 Å². The fourth-order valence-corrected chi connectivity index (χ4v) is 3.13. The van der Waals surface area contributed by atoms with Gasteiger partial charge in [-0.05, 0) is 42.3 Å². The first-order chi connectivity index (χ1) is 11.8. The molecule has 0 aliphatic rings. The van der Waals surface area contributed by atoms with Crippen LogP contribution in [-0.2, 0) is 16.6 Å². The molecule has 0 fully saturated rings. The summed E-state index contributed by atoms with van der Waals surface area (Å²) in [4.78, 5) is 12.2. The van der Waals surface area contributed by atoms with Crippen LogP contribution in [0.1, 0.15) is 21.5 Å². The second-order valence-electron chi connectivity index (χ2n) is 5.43. The molecular weight excluding hydrogens is 343 g/mol. The van der Waals surface area contributed by atoms with Crippen LogP contribution in [0.25, 0.3) is 0 Å². The van der Waals surface area contributed by atoms with Crippen molar-refractivity contribution in [3.63, 3.8) is 0 Å². The molecule has 132 valence electrons. The average Bonchev–Trinajstić information content (AvgIpc) is 2.61. The summed E-state index contributed by atoms with van der Waals surface area (Å²) in [5.74, 6) is -0.783. The van der Waals surface area contributed by atoms with Crippen molar-refractivity contribution in [2.75, 3.05) is 6.54 Å². The molecule has 2 N–H and O–H groups in total. The third-order valence-electron chi connectivity index (χ3n) is 3.51. The van der Waals surface area contributed by atoms with Crippen molar-refractivity contribution < 1.29 is 17.6 Å². The maximum absolute atomic E-state index is 13.5. The zero-order chi connectivity index (χ0) is 18.4. The number of sulfonamides is 1. The second kappa shape index (κ2) is 8.04. The molecule has 0 radical (unpaired) electrons. The van der Waals surface area contributed by atoms with Gasteiger partial charge in [0.2, 0.25) is 10.0 Å². The number of aryl methyl sites for hydroxylation is 1. The summed E-state index contributed by atoms with van der Waals surface area (Å²) in [6, 6.07) is 10.4. The number of hydrogen-bond donors (Lipinski definition) is 2. The van der Waals surface area contributed by atoms with Gasteiger partial charge in [-0.1, -0.05) is 24.3 Å². The Hall–Kier alpha value is -2.51. The van der Waals surface area contributed by atoms with E-state index in [4.69, 9.17) is 0 Å². The quantitative estimate of drug-likeness (QED) is 0.743. The van der Waals surface area contributed by atoms with E-state index in [0.29, 0.717) is 11.1 Å². The summed E-state index contributed by atoms with van der Waals surface area (Å²) in [6.07, 6.45) is 1.43. The van der Waals surface area contributed by atoms with Crippen molar-refractivity contribution in [1.29, 1.82) is 0 Å². The molecule has 0 aliphatic carbocycles. The van der Waals surface area contributed by atoms with Gasteiger partial charge >= 0.3 is 0 Å². The monoisotopic (exact) mass is 362 g/mol. The SMILES string of the molecule is C=CCNS(=O)(=O)c1cccc(C(=O)NCc2ccc(C)c(F)c2)c1. The predicted octanol–water partition coefficient (Wildman–Crippen LogP) is 2.53. The van der Waals surface area contributed by atoms with Gasteiger partial charge in [-0.3, -0.25) is 4.79 Å². The second-order valence-corrected chi connectivity index (χ2v) is 7.20. The van der Waals surface area contributed by atoms with Crippen molar-refractivity contribution in [2.45, 2.75) is 18.4 Å². The maximum Gasteiger partial charge on any atom is 0.251 e. The van der Waals surface area contributed by atoms with Crippen LogP contribution in [0.2, 0.25) is 0 Å². The average molecular weight is 362 g/mol. The number of benzene rings is 2. The highest BCUT2D eigenvalue weighted by atomic mass is 32.2. The van der Waals surface area contributed by atoms with Gasteiger partial charge in [-0.15, -0.1) is 6.58 Å². The molecule has 0 atom stereocenters. The van der Waals surface area contributed by atoms with E-state index in [-0.39, 0.29) is 29.4 Å². The first-order valence-corrected chi connectivity index (χ1v) is 9.05. The lowest BCUT2D eigenvalue weighted by Gasteiger charge is -2.09. The molecule has 0 unspecified atom stereocenters. The zero-order valence-electron chi connectivity index (χ0n) is 13.8. The molecule has 5 nitrogen and oxygen atoms in total. The molecular formula is C18H19FN2O3S. The number of hydrogen-bond acceptors (Lipinski definition) is 3. The first kappa shape index (κ1) is 18.8. The number of carbonyl (C=O) groups excluding carboxylic acids is 1. The van der Waals surface area contributed by atoms with Crippen LogP contribution in [0.5, 0.6) is 0 Å². The molecule has 0 saturated carbocycles. The van der Waals surface area contributed by atoms with Crippen LogP contribution in [0.3, 0.4) is 0 Å². The van der Waals surface area contributed by atoms with Crippen molar-refractivity contribution in [1.82, 2.24) is 10.0 Å². The Labute approximate surface area is 146 Å². The van der Waals surface area contributed by atoms with E-state index in [1.165, 1.54) is 36.4 Å².